The average Bonchev–Trinajstić information content (AvgIpc) is 3.60. The molecule has 3 amide bonds. The summed E-state index contributed by atoms with van der Waals surface area (Å²) < 4.78 is 10.3. The molecule has 11 nitrogen and oxygen atoms in total. The Morgan fingerprint density at radius 1 is 1.08 bits per heavy atom. The first-order valence-electron chi connectivity index (χ1n) is 12.2. The lowest BCUT2D eigenvalue weighted by Crippen LogP contribution is -2.48. The lowest BCUT2D eigenvalue weighted by Gasteiger charge is -2.26. The van der Waals surface area contributed by atoms with Gasteiger partial charge in [-0.3, -0.25) is 29.4 Å². The van der Waals surface area contributed by atoms with Crippen molar-refractivity contribution in [3.05, 3.63) is 76.4 Å². The van der Waals surface area contributed by atoms with Crippen LogP contribution < -0.4 is 10.1 Å². The summed E-state index contributed by atoms with van der Waals surface area (Å²) in [6.07, 6.45) is 4.72. The molecule has 2 aliphatic carbocycles. The summed E-state index contributed by atoms with van der Waals surface area (Å²) in [6.45, 7) is -0.769. The normalized spacial score (nSPS) is 23.8. The SMILES string of the molecule is COc1ccc([N+](=O)[O-])c(NC(=O)COC(=O)[C@H](Cc2ccccc2)N2C(=O)[C@H]3[C@H](C2=O)[C@H]2C=C[C@H]3C2)c1. The molecule has 1 heterocycles. The van der Waals surface area contributed by atoms with E-state index in [4.69, 9.17) is 9.47 Å². The molecule has 2 aromatic carbocycles. The molecule has 3 aliphatic rings. The Morgan fingerprint density at radius 2 is 1.74 bits per heavy atom. The van der Waals surface area contributed by atoms with Crippen molar-refractivity contribution in [3.8, 4) is 5.75 Å². The molecule has 5 atom stereocenters. The topological polar surface area (TPSA) is 145 Å². The third-order valence-electron chi connectivity index (χ3n) is 7.38. The van der Waals surface area contributed by atoms with Gasteiger partial charge in [0, 0.05) is 18.6 Å². The van der Waals surface area contributed by atoms with Crippen molar-refractivity contribution < 1.29 is 33.6 Å². The Bertz CT molecular complexity index is 1310. The second kappa shape index (κ2) is 10.1. The van der Waals surface area contributed by atoms with Crippen LogP contribution in [0.4, 0.5) is 11.4 Å². The molecule has 11 heteroatoms. The Balaban J connectivity index is 1.32. The number of methoxy groups -OCH3 is 1. The highest BCUT2D eigenvalue weighted by atomic mass is 16.6. The van der Waals surface area contributed by atoms with Gasteiger partial charge in [-0.2, -0.15) is 0 Å². The summed E-state index contributed by atoms with van der Waals surface area (Å²) in [4.78, 5) is 64.3. The Hall–Kier alpha value is -4.54. The number of esters is 1. The van der Waals surface area contributed by atoms with E-state index >= 15 is 0 Å². The van der Waals surface area contributed by atoms with Crippen LogP contribution in [0.1, 0.15) is 12.0 Å². The lowest BCUT2D eigenvalue weighted by atomic mass is 9.85. The van der Waals surface area contributed by atoms with Gasteiger partial charge < -0.3 is 14.8 Å². The van der Waals surface area contributed by atoms with Gasteiger partial charge in [0.05, 0.1) is 23.9 Å². The maximum Gasteiger partial charge on any atom is 0.330 e. The van der Waals surface area contributed by atoms with Gasteiger partial charge in [0.25, 0.3) is 11.6 Å². The summed E-state index contributed by atoms with van der Waals surface area (Å²) in [5, 5.41) is 13.7. The number of nitro benzene ring substituents is 1. The van der Waals surface area contributed by atoms with Crippen molar-refractivity contribution in [2.75, 3.05) is 19.0 Å². The van der Waals surface area contributed by atoms with Gasteiger partial charge in [-0.15, -0.1) is 0 Å². The van der Waals surface area contributed by atoms with Crippen molar-refractivity contribution >= 4 is 35.1 Å². The number of anilines is 1. The van der Waals surface area contributed by atoms with Crippen molar-refractivity contribution in [1.82, 2.24) is 4.90 Å². The lowest BCUT2D eigenvalue weighted by molar-refractivity contribution is -0.383. The van der Waals surface area contributed by atoms with Crippen LogP contribution in [-0.4, -0.2) is 53.3 Å². The van der Waals surface area contributed by atoms with Crippen LogP contribution in [0.3, 0.4) is 0 Å². The number of carbonyl (C=O) groups excluding carboxylic acids is 4. The molecule has 5 rings (SSSR count). The molecule has 38 heavy (non-hydrogen) atoms. The minimum atomic E-state index is -1.25. The molecule has 0 unspecified atom stereocenters. The summed E-state index contributed by atoms with van der Waals surface area (Å²) in [5.74, 6) is -3.27. The second-order valence-corrected chi connectivity index (χ2v) is 9.55. The Morgan fingerprint density at radius 3 is 2.34 bits per heavy atom. The maximum absolute atomic E-state index is 13.4. The molecular weight excluding hydrogens is 494 g/mol. The zero-order chi connectivity index (χ0) is 27.0. The number of imide groups is 1. The van der Waals surface area contributed by atoms with Gasteiger partial charge in [-0.05, 0) is 29.9 Å². The fourth-order valence-corrected chi connectivity index (χ4v) is 5.67. The van der Waals surface area contributed by atoms with Crippen molar-refractivity contribution in [3.63, 3.8) is 0 Å². The van der Waals surface area contributed by atoms with Gasteiger partial charge >= 0.3 is 5.97 Å². The van der Waals surface area contributed by atoms with E-state index in [-0.39, 0.29) is 35.4 Å². The molecule has 0 aromatic heterocycles. The van der Waals surface area contributed by atoms with Crippen LogP contribution in [0.15, 0.2) is 60.7 Å². The minimum absolute atomic E-state index is 0.0238. The number of hydrogen-bond acceptors (Lipinski definition) is 8. The maximum atomic E-state index is 13.4. The highest BCUT2D eigenvalue weighted by molar-refractivity contribution is 6.09. The van der Waals surface area contributed by atoms with Crippen LogP contribution >= 0.6 is 0 Å². The second-order valence-electron chi connectivity index (χ2n) is 9.55. The fourth-order valence-electron chi connectivity index (χ4n) is 5.67. The minimum Gasteiger partial charge on any atom is -0.497 e. The third kappa shape index (κ3) is 4.51. The molecule has 1 saturated carbocycles. The smallest absolute Gasteiger partial charge is 0.330 e. The number of fused-ring (bicyclic) bond motifs is 5. The Labute approximate surface area is 217 Å². The zero-order valence-corrected chi connectivity index (χ0v) is 20.4. The molecule has 2 aromatic rings. The molecule has 1 aliphatic heterocycles. The highest BCUT2D eigenvalue weighted by Gasteiger charge is 2.61. The first kappa shape index (κ1) is 25.1. The van der Waals surface area contributed by atoms with E-state index in [0.717, 1.165) is 11.3 Å². The number of nitrogens with zero attached hydrogens (tertiary/aromatic N) is 2. The van der Waals surface area contributed by atoms with E-state index in [0.29, 0.717) is 5.56 Å². The number of nitro groups is 1. The van der Waals surface area contributed by atoms with Gasteiger partial charge in [-0.1, -0.05) is 42.5 Å². The first-order valence-corrected chi connectivity index (χ1v) is 12.2. The molecular formula is C27H25N3O8. The van der Waals surface area contributed by atoms with Gasteiger partial charge in [0.2, 0.25) is 11.8 Å². The third-order valence-corrected chi connectivity index (χ3v) is 7.38. The number of ether oxygens (including phenoxy) is 2. The largest absolute Gasteiger partial charge is 0.497 e. The number of rotatable bonds is 9. The number of benzene rings is 2. The fraction of sp³-hybridized carbons (Fsp3) is 0.333. The van der Waals surface area contributed by atoms with Crippen LogP contribution in [0.2, 0.25) is 0 Å². The van der Waals surface area contributed by atoms with Gasteiger partial charge in [-0.25, -0.2) is 4.79 Å². The van der Waals surface area contributed by atoms with Crippen LogP contribution in [0.5, 0.6) is 5.75 Å². The number of nitrogens with one attached hydrogen (secondary N) is 1. The summed E-state index contributed by atoms with van der Waals surface area (Å²) in [7, 11) is 1.37. The number of carbonyl (C=O) groups is 4. The van der Waals surface area contributed by atoms with Crippen LogP contribution in [0.25, 0.3) is 0 Å². The van der Waals surface area contributed by atoms with E-state index in [2.05, 4.69) is 5.32 Å². The van der Waals surface area contributed by atoms with Crippen molar-refractivity contribution in [1.29, 1.82) is 0 Å². The van der Waals surface area contributed by atoms with Crippen LogP contribution in [0, 0.1) is 33.8 Å². The molecule has 0 radical (unpaired) electrons. The summed E-state index contributed by atoms with van der Waals surface area (Å²) in [5.41, 5.74) is 0.220. The summed E-state index contributed by atoms with van der Waals surface area (Å²) >= 11 is 0. The molecule has 0 spiro atoms. The van der Waals surface area contributed by atoms with Crippen molar-refractivity contribution in [2.24, 2.45) is 23.7 Å². The van der Waals surface area contributed by atoms with E-state index in [1.165, 1.54) is 25.3 Å². The number of hydrogen-bond donors (Lipinski definition) is 1. The quantitative estimate of drug-likeness (QED) is 0.175. The predicted molar refractivity (Wildman–Crippen MR) is 133 cm³/mol. The highest BCUT2D eigenvalue weighted by Crippen LogP contribution is 2.53. The number of likely N-dealkylation sites (tertiary alicyclic amines) is 1. The first-order chi connectivity index (χ1) is 18.3. The monoisotopic (exact) mass is 519 g/mol. The molecule has 196 valence electrons. The summed E-state index contributed by atoms with van der Waals surface area (Å²) in [6, 6.07) is 11.5. The zero-order valence-electron chi connectivity index (χ0n) is 20.4. The van der Waals surface area contributed by atoms with E-state index in [1.807, 2.05) is 12.2 Å². The van der Waals surface area contributed by atoms with Crippen molar-refractivity contribution in [2.45, 2.75) is 18.9 Å². The van der Waals surface area contributed by atoms with Gasteiger partial charge in [0.1, 0.15) is 17.5 Å². The molecule has 2 bridgehead atoms. The molecule has 2 fully saturated rings. The molecule has 1 saturated heterocycles. The van der Waals surface area contributed by atoms with Gasteiger partial charge in [0.15, 0.2) is 6.61 Å². The standard InChI is InChI=1S/C27H25N3O8/c1-37-18-9-10-20(30(35)36)19(13-18)28-22(31)14-38-27(34)21(11-15-5-3-2-4-6-15)29-25(32)23-16-7-8-17(12-16)24(23)26(29)33/h2-10,13,16-17,21,23-24H,11-12,14H2,1H3,(H,28,31)/t16-,17-,21-,23+,24+/m0/s1. The van der Waals surface area contributed by atoms with Crippen LogP contribution in [-0.2, 0) is 30.3 Å². The van der Waals surface area contributed by atoms with E-state index in [1.54, 1.807) is 30.3 Å². The predicted octanol–water partition coefficient (Wildman–Crippen LogP) is 2.50. The van der Waals surface area contributed by atoms with E-state index < -0.39 is 53.1 Å². The Kier molecular flexibility index (Phi) is 6.66. The number of allylic oxidation sites excluding steroid dienone is 2. The average molecular weight is 520 g/mol. The van der Waals surface area contributed by atoms with E-state index in [9.17, 15) is 29.3 Å². The molecule has 1 N–H and O–H groups in total. The number of amides is 3.